The van der Waals surface area contributed by atoms with E-state index in [-0.39, 0.29) is 16.5 Å². The smallest absolute Gasteiger partial charge is 0.354 e. The maximum Gasteiger partial charge on any atom is 0.416 e. The number of benzene rings is 3. The normalized spacial score (nSPS) is 12.5. The molecule has 0 radical (unpaired) electrons. The van der Waals surface area contributed by atoms with E-state index in [0.717, 1.165) is 23.5 Å². The Labute approximate surface area is 253 Å². The molecule has 0 saturated heterocycles. The Balaban J connectivity index is 2.10. The number of unbranched alkanes of at least 4 members (excludes halogenated alkanes) is 1. The molecule has 42 heavy (non-hydrogen) atoms. The average Bonchev–Trinajstić information content (AvgIpc) is 2.94. The van der Waals surface area contributed by atoms with Crippen molar-refractivity contribution >= 4 is 50.7 Å². The van der Waals surface area contributed by atoms with E-state index in [1.807, 2.05) is 6.92 Å². The van der Waals surface area contributed by atoms with Gasteiger partial charge in [0.15, 0.2) is 0 Å². The maximum absolute atomic E-state index is 13.9. The van der Waals surface area contributed by atoms with Crippen LogP contribution in [0.25, 0.3) is 0 Å². The summed E-state index contributed by atoms with van der Waals surface area (Å²) in [6, 6.07) is 14.7. The molecular weight excluding hydrogens is 614 g/mol. The Bertz CT molecular complexity index is 1510. The number of carbonyl (C=O) groups excluding carboxylic acids is 2. The van der Waals surface area contributed by atoms with E-state index in [4.69, 9.17) is 23.2 Å². The third kappa shape index (κ3) is 8.39. The minimum absolute atomic E-state index is 0.128. The number of sulfonamides is 1. The summed E-state index contributed by atoms with van der Waals surface area (Å²) >= 11 is 12.4. The van der Waals surface area contributed by atoms with Crippen LogP contribution < -0.4 is 9.62 Å². The first-order valence-electron chi connectivity index (χ1n) is 13.0. The zero-order valence-electron chi connectivity index (χ0n) is 22.9. The van der Waals surface area contributed by atoms with Gasteiger partial charge in [0.25, 0.3) is 10.0 Å². The van der Waals surface area contributed by atoms with Crippen molar-refractivity contribution in [1.82, 2.24) is 10.2 Å². The molecule has 0 bridgehead atoms. The molecule has 0 heterocycles. The second-order valence-corrected chi connectivity index (χ2v) is 12.2. The molecule has 3 aromatic carbocycles. The van der Waals surface area contributed by atoms with Crippen molar-refractivity contribution in [3.05, 3.63) is 94.0 Å². The average molecular weight is 645 g/mol. The molecule has 3 aromatic rings. The Hall–Kier alpha value is -3.28. The quantitative estimate of drug-likeness (QED) is 0.227. The lowest BCUT2D eigenvalue weighted by atomic mass is 10.1. The SMILES string of the molecule is CCCCNC(=O)C(C)N(Cc1cccc(Cl)c1)C(=O)CN(c1cc(C(F)(F)F)ccc1Cl)S(=O)(=O)c1ccccc1. The number of carbonyl (C=O) groups is 2. The Kier molecular flexibility index (Phi) is 11.3. The van der Waals surface area contributed by atoms with Crippen LogP contribution in [0.3, 0.4) is 0 Å². The molecule has 1 atom stereocenters. The van der Waals surface area contributed by atoms with Crippen LogP contribution in [-0.2, 0) is 32.3 Å². The van der Waals surface area contributed by atoms with E-state index in [9.17, 15) is 31.2 Å². The molecule has 0 aromatic heterocycles. The van der Waals surface area contributed by atoms with E-state index in [1.54, 1.807) is 30.3 Å². The molecule has 0 aliphatic carbocycles. The largest absolute Gasteiger partial charge is 0.416 e. The summed E-state index contributed by atoms with van der Waals surface area (Å²) < 4.78 is 69.0. The number of hydrogen-bond acceptors (Lipinski definition) is 4. The van der Waals surface area contributed by atoms with Gasteiger partial charge in [-0.2, -0.15) is 13.2 Å². The van der Waals surface area contributed by atoms with Gasteiger partial charge in [-0.15, -0.1) is 0 Å². The maximum atomic E-state index is 13.9. The van der Waals surface area contributed by atoms with Crippen molar-refractivity contribution in [3.8, 4) is 0 Å². The number of nitrogens with one attached hydrogen (secondary N) is 1. The van der Waals surface area contributed by atoms with Gasteiger partial charge in [-0.3, -0.25) is 13.9 Å². The van der Waals surface area contributed by atoms with Gasteiger partial charge in [-0.1, -0.05) is 66.9 Å². The highest BCUT2D eigenvalue weighted by atomic mass is 35.5. The first-order valence-corrected chi connectivity index (χ1v) is 15.2. The lowest BCUT2D eigenvalue weighted by molar-refractivity contribution is -0.139. The molecule has 1 N–H and O–H groups in total. The molecule has 0 fully saturated rings. The van der Waals surface area contributed by atoms with Gasteiger partial charge >= 0.3 is 6.18 Å². The molecule has 0 aliphatic heterocycles. The number of rotatable bonds is 12. The van der Waals surface area contributed by atoms with Gasteiger partial charge in [0.2, 0.25) is 11.8 Å². The van der Waals surface area contributed by atoms with Gasteiger partial charge < -0.3 is 10.2 Å². The van der Waals surface area contributed by atoms with Crippen LogP contribution in [0.2, 0.25) is 10.0 Å². The lowest BCUT2D eigenvalue weighted by Gasteiger charge is -2.32. The van der Waals surface area contributed by atoms with E-state index in [0.29, 0.717) is 33.9 Å². The van der Waals surface area contributed by atoms with Gasteiger partial charge in [0.1, 0.15) is 12.6 Å². The molecule has 13 heteroatoms. The highest BCUT2D eigenvalue weighted by Crippen LogP contribution is 2.37. The van der Waals surface area contributed by atoms with Gasteiger partial charge in [0.05, 0.1) is 21.2 Å². The second-order valence-electron chi connectivity index (χ2n) is 9.46. The molecular formula is C29H30Cl2F3N3O4S. The van der Waals surface area contributed by atoms with Gasteiger partial charge in [-0.25, -0.2) is 8.42 Å². The fourth-order valence-electron chi connectivity index (χ4n) is 4.06. The van der Waals surface area contributed by atoms with Crippen LogP contribution in [0, 0.1) is 0 Å². The molecule has 7 nitrogen and oxygen atoms in total. The number of amides is 2. The van der Waals surface area contributed by atoms with Crippen LogP contribution in [0.15, 0.2) is 77.7 Å². The van der Waals surface area contributed by atoms with Crippen LogP contribution in [-0.4, -0.2) is 44.3 Å². The zero-order chi connectivity index (χ0) is 31.1. The molecule has 3 rings (SSSR count). The van der Waals surface area contributed by atoms with Crippen LogP contribution in [0.5, 0.6) is 0 Å². The fourth-order valence-corrected chi connectivity index (χ4v) is 5.99. The summed E-state index contributed by atoms with van der Waals surface area (Å²) in [4.78, 5) is 27.8. The molecule has 0 aliphatic rings. The number of hydrogen-bond donors (Lipinski definition) is 1. The minimum Gasteiger partial charge on any atom is -0.354 e. The number of alkyl halides is 3. The number of anilines is 1. The van der Waals surface area contributed by atoms with E-state index < -0.39 is 51.9 Å². The van der Waals surface area contributed by atoms with Crippen LogP contribution >= 0.6 is 23.2 Å². The predicted octanol–water partition coefficient (Wildman–Crippen LogP) is 6.54. The third-order valence-electron chi connectivity index (χ3n) is 6.39. The van der Waals surface area contributed by atoms with Crippen molar-refractivity contribution in [2.45, 2.75) is 50.3 Å². The number of halogens is 5. The summed E-state index contributed by atoms with van der Waals surface area (Å²) in [5.41, 5.74) is -1.13. The molecule has 0 spiro atoms. The van der Waals surface area contributed by atoms with Gasteiger partial charge in [-0.05, 0) is 61.4 Å². The second kappa shape index (κ2) is 14.3. The predicted molar refractivity (Wildman–Crippen MR) is 157 cm³/mol. The van der Waals surface area contributed by atoms with E-state index in [2.05, 4.69) is 5.32 Å². The summed E-state index contributed by atoms with van der Waals surface area (Å²) in [5.74, 6) is -1.32. The molecule has 226 valence electrons. The summed E-state index contributed by atoms with van der Waals surface area (Å²) in [7, 11) is -4.60. The molecule has 2 amide bonds. The standard InChI is InChI=1S/C29H30Cl2F3N3O4S/c1-3-4-15-35-28(39)20(2)36(18-21-9-8-10-23(30)16-21)27(38)19-37(42(40,41)24-11-6-5-7-12-24)26-17-22(29(32,33)34)13-14-25(26)31/h5-14,16-17,20H,3-4,15,18-19H2,1-2H3,(H,35,39). The number of nitrogens with zero attached hydrogens (tertiary/aromatic N) is 2. The highest BCUT2D eigenvalue weighted by molar-refractivity contribution is 7.92. The molecule has 0 saturated carbocycles. The first-order chi connectivity index (χ1) is 19.8. The Morgan fingerprint density at radius 1 is 0.976 bits per heavy atom. The Morgan fingerprint density at radius 2 is 1.67 bits per heavy atom. The molecule has 1 unspecified atom stereocenters. The van der Waals surface area contributed by atoms with Crippen molar-refractivity contribution in [2.24, 2.45) is 0 Å². The van der Waals surface area contributed by atoms with Crippen molar-refractivity contribution in [1.29, 1.82) is 0 Å². The first kappa shape index (κ1) is 33.2. The monoisotopic (exact) mass is 643 g/mol. The summed E-state index contributed by atoms with van der Waals surface area (Å²) in [5, 5.41) is 2.81. The minimum atomic E-state index is -4.81. The zero-order valence-corrected chi connectivity index (χ0v) is 25.2. The van der Waals surface area contributed by atoms with Crippen LogP contribution in [0.1, 0.15) is 37.8 Å². The van der Waals surface area contributed by atoms with Crippen molar-refractivity contribution in [2.75, 3.05) is 17.4 Å². The van der Waals surface area contributed by atoms with Crippen LogP contribution in [0.4, 0.5) is 18.9 Å². The van der Waals surface area contributed by atoms with E-state index >= 15 is 0 Å². The summed E-state index contributed by atoms with van der Waals surface area (Å²) in [6.45, 7) is 2.73. The Morgan fingerprint density at radius 3 is 2.29 bits per heavy atom. The van der Waals surface area contributed by atoms with Crippen molar-refractivity contribution < 1.29 is 31.2 Å². The lowest BCUT2D eigenvalue weighted by Crippen LogP contribution is -2.51. The third-order valence-corrected chi connectivity index (χ3v) is 8.72. The topological polar surface area (TPSA) is 86.8 Å². The van der Waals surface area contributed by atoms with Gasteiger partial charge in [0, 0.05) is 18.1 Å². The summed E-state index contributed by atoms with van der Waals surface area (Å²) in [6.07, 6.45) is -3.28. The van der Waals surface area contributed by atoms with Crippen molar-refractivity contribution in [3.63, 3.8) is 0 Å². The van der Waals surface area contributed by atoms with E-state index in [1.165, 1.54) is 31.2 Å². The highest BCUT2D eigenvalue weighted by Gasteiger charge is 2.36. The fraction of sp³-hybridized carbons (Fsp3) is 0.310.